The second kappa shape index (κ2) is 3.73. The monoisotopic (exact) mass is 216 g/mol. The molecule has 16 heavy (non-hydrogen) atoms. The Morgan fingerprint density at radius 1 is 1.12 bits per heavy atom. The normalized spacial score (nSPS) is 17.0. The van der Waals surface area contributed by atoms with Gasteiger partial charge in [0.05, 0.1) is 18.7 Å². The van der Waals surface area contributed by atoms with Crippen LogP contribution in [0.3, 0.4) is 0 Å². The maximum atomic E-state index is 5.65. The molecule has 1 aromatic heterocycles. The van der Waals surface area contributed by atoms with E-state index in [4.69, 9.17) is 15.2 Å². The van der Waals surface area contributed by atoms with Crippen LogP contribution in [-0.4, -0.2) is 18.2 Å². The van der Waals surface area contributed by atoms with E-state index in [0.29, 0.717) is 19.0 Å². The predicted molar refractivity (Wildman–Crippen MR) is 60.8 cm³/mol. The van der Waals surface area contributed by atoms with Gasteiger partial charge in [0, 0.05) is 10.9 Å². The topological polar surface area (TPSA) is 57.4 Å². The van der Waals surface area contributed by atoms with E-state index in [0.717, 1.165) is 16.5 Å². The van der Waals surface area contributed by atoms with Crippen LogP contribution in [0, 0.1) is 0 Å². The van der Waals surface area contributed by atoms with Gasteiger partial charge >= 0.3 is 0 Å². The SMILES string of the molecule is Nc1ccc2c(C3OCCO3)cccc2n1. The quantitative estimate of drug-likeness (QED) is 0.790. The standard InChI is InChI=1S/C12H12N2O2/c13-11-5-4-8-9(12-15-6-7-16-12)2-1-3-10(8)14-11/h1-5,12H,6-7H2,(H2,13,14). The van der Waals surface area contributed by atoms with Crippen LogP contribution in [0.1, 0.15) is 11.9 Å². The number of ether oxygens (including phenoxy) is 2. The Kier molecular flexibility index (Phi) is 2.23. The minimum absolute atomic E-state index is 0.269. The van der Waals surface area contributed by atoms with Crippen LogP contribution in [0.15, 0.2) is 30.3 Å². The van der Waals surface area contributed by atoms with Gasteiger partial charge in [-0.15, -0.1) is 0 Å². The van der Waals surface area contributed by atoms with Crippen LogP contribution in [0.4, 0.5) is 5.82 Å². The van der Waals surface area contributed by atoms with Gasteiger partial charge in [-0.25, -0.2) is 4.98 Å². The van der Waals surface area contributed by atoms with E-state index >= 15 is 0 Å². The van der Waals surface area contributed by atoms with Crippen molar-refractivity contribution in [3.8, 4) is 0 Å². The summed E-state index contributed by atoms with van der Waals surface area (Å²) in [5.74, 6) is 0.526. The first-order valence-electron chi connectivity index (χ1n) is 5.23. The highest BCUT2D eigenvalue weighted by atomic mass is 16.7. The van der Waals surface area contributed by atoms with Crippen molar-refractivity contribution in [1.29, 1.82) is 0 Å². The lowest BCUT2D eigenvalue weighted by Crippen LogP contribution is -2.00. The first-order valence-corrected chi connectivity index (χ1v) is 5.23. The number of nitrogen functional groups attached to an aromatic ring is 1. The molecule has 1 aliphatic heterocycles. The Hall–Kier alpha value is -1.65. The summed E-state index contributed by atoms with van der Waals surface area (Å²) in [5.41, 5.74) is 7.54. The molecule has 4 nitrogen and oxygen atoms in total. The molecule has 2 N–H and O–H groups in total. The average Bonchev–Trinajstić information content (AvgIpc) is 2.81. The first-order chi connectivity index (χ1) is 7.84. The molecule has 2 heterocycles. The second-order valence-electron chi connectivity index (χ2n) is 3.72. The van der Waals surface area contributed by atoms with Gasteiger partial charge in [-0.1, -0.05) is 12.1 Å². The molecular weight excluding hydrogens is 204 g/mol. The van der Waals surface area contributed by atoms with Gasteiger partial charge in [0.25, 0.3) is 0 Å². The van der Waals surface area contributed by atoms with E-state index in [9.17, 15) is 0 Å². The van der Waals surface area contributed by atoms with E-state index in [1.165, 1.54) is 0 Å². The number of fused-ring (bicyclic) bond motifs is 1. The van der Waals surface area contributed by atoms with Gasteiger partial charge in [0.2, 0.25) is 0 Å². The van der Waals surface area contributed by atoms with Crippen LogP contribution >= 0.6 is 0 Å². The molecule has 0 aliphatic carbocycles. The summed E-state index contributed by atoms with van der Waals surface area (Å²) in [5, 5.41) is 1.03. The number of hydrogen-bond acceptors (Lipinski definition) is 4. The summed E-state index contributed by atoms with van der Waals surface area (Å²) < 4.78 is 11.0. The molecule has 0 atom stereocenters. The second-order valence-corrected chi connectivity index (χ2v) is 3.72. The van der Waals surface area contributed by atoms with Gasteiger partial charge in [0.1, 0.15) is 5.82 Å². The molecule has 1 fully saturated rings. The molecule has 0 saturated carbocycles. The highest BCUT2D eigenvalue weighted by Crippen LogP contribution is 2.29. The summed E-state index contributed by atoms with van der Waals surface area (Å²) in [6, 6.07) is 9.62. The summed E-state index contributed by atoms with van der Waals surface area (Å²) in [4.78, 5) is 4.27. The fraction of sp³-hybridized carbons (Fsp3) is 0.250. The van der Waals surface area contributed by atoms with E-state index in [-0.39, 0.29) is 6.29 Å². The van der Waals surface area contributed by atoms with Crippen LogP contribution < -0.4 is 5.73 Å². The zero-order chi connectivity index (χ0) is 11.0. The number of nitrogens with two attached hydrogens (primary N) is 1. The first kappa shape index (κ1) is 9.57. The molecule has 1 aliphatic rings. The summed E-state index contributed by atoms with van der Waals surface area (Å²) in [7, 11) is 0. The van der Waals surface area contributed by atoms with E-state index in [1.54, 1.807) is 6.07 Å². The third-order valence-electron chi connectivity index (χ3n) is 2.66. The van der Waals surface area contributed by atoms with E-state index in [1.807, 2.05) is 24.3 Å². The number of anilines is 1. The molecular formula is C12H12N2O2. The van der Waals surface area contributed by atoms with Gasteiger partial charge in [-0.2, -0.15) is 0 Å². The zero-order valence-electron chi connectivity index (χ0n) is 8.72. The third kappa shape index (κ3) is 1.52. The Morgan fingerprint density at radius 2 is 1.94 bits per heavy atom. The lowest BCUT2D eigenvalue weighted by molar-refractivity contribution is -0.0430. The minimum atomic E-state index is -0.269. The highest BCUT2D eigenvalue weighted by molar-refractivity contribution is 5.83. The molecule has 2 aromatic rings. The molecule has 1 aromatic carbocycles. The van der Waals surface area contributed by atoms with Crippen molar-refractivity contribution < 1.29 is 9.47 Å². The molecule has 0 radical (unpaired) electrons. The summed E-state index contributed by atoms with van der Waals surface area (Å²) in [6.45, 7) is 1.28. The Balaban J connectivity index is 2.16. The van der Waals surface area contributed by atoms with E-state index in [2.05, 4.69) is 4.98 Å². The van der Waals surface area contributed by atoms with Crippen molar-refractivity contribution in [3.63, 3.8) is 0 Å². The largest absolute Gasteiger partial charge is 0.384 e. The number of aromatic nitrogens is 1. The maximum absolute atomic E-state index is 5.65. The lowest BCUT2D eigenvalue weighted by atomic mass is 10.1. The van der Waals surface area contributed by atoms with E-state index < -0.39 is 0 Å². The lowest BCUT2D eigenvalue weighted by Gasteiger charge is -2.12. The van der Waals surface area contributed by atoms with Gasteiger partial charge in [-0.3, -0.25) is 0 Å². The van der Waals surface area contributed by atoms with Crippen molar-refractivity contribution in [2.24, 2.45) is 0 Å². The molecule has 0 bridgehead atoms. The smallest absolute Gasteiger partial charge is 0.184 e. The summed E-state index contributed by atoms with van der Waals surface area (Å²) in [6.07, 6.45) is -0.269. The predicted octanol–water partition coefficient (Wildman–Crippen LogP) is 1.86. The molecule has 4 heteroatoms. The van der Waals surface area contributed by atoms with Gasteiger partial charge in [-0.05, 0) is 18.2 Å². The van der Waals surface area contributed by atoms with Crippen LogP contribution in [-0.2, 0) is 9.47 Å². The molecule has 82 valence electrons. The van der Waals surface area contributed by atoms with Crippen molar-refractivity contribution in [2.45, 2.75) is 6.29 Å². The van der Waals surface area contributed by atoms with Crippen molar-refractivity contribution in [1.82, 2.24) is 4.98 Å². The minimum Gasteiger partial charge on any atom is -0.384 e. The van der Waals surface area contributed by atoms with Gasteiger partial charge < -0.3 is 15.2 Å². The van der Waals surface area contributed by atoms with Crippen LogP contribution in [0.2, 0.25) is 0 Å². The number of hydrogen-bond donors (Lipinski definition) is 1. The third-order valence-corrected chi connectivity index (χ3v) is 2.66. The Labute approximate surface area is 93.0 Å². The molecule has 0 amide bonds. The fourth-order valence-electron chi connectivity index (χ4n) is 1.94. The molecule has 1 saturated heterocycles. The fourth-order valence-corrected chi connectivity index (χ4v) is 1.94. The number of rotatable bonds is 1. The van der Waals surface area contributed by atoms with Crippen molar-refractivity contribution in [3.05, 3.63) is 35.9 Å². The highest BCUT2D eigenvalue weighted by Gasteiger charge is 2.20. The molecule has 0 spiro atoms. The van der Waals surface area contributed by atoms with Crippen LogP contribution in [0.5, 0.6) is 0 Å². The van der Waals surface area contributed by atoms with Crippen LogP contribution in [0.25, 0.3) is 10.9 Å². The van der Waals surface area contributed by atoms with Crippen molar-refractivity contribution >= 4 is 16.7 Å². The Bertz CT molecular complexity index is 521. The summed E-state index contributed by atoms with van der Waals surface area (Å²) >= 11 is 0. The molecule has 0 unspecified atom stereocenters. The zero-order valence-corrected chi connectivity index (χ0v) is 8.72. The molecule has 3 rings (SSSR count). The number of pyridine rings is 1. The average molecular weight is 216 g/mol. The Morgan fingerprint density at radius 3 is 2.75 bits per heavy atom. The number of nitrogens with zero attached hydrogens (tertiary/aromatic N) is 1. The number of benzene rings is 1. The van der Waals surface area contributed by atoms with Gasteiger partial charge in [0.15, 0.2) is 6.29 Å². The van der Waals surface area contributed by atoms with Crippen molar-refractivity contribution in [2.75, 3.05) is 18.9 Å². The maximum Gasteiger partial charge on any atom is 0.184 e.